The van der Waals surface area contributed by atoms with Crippen LogP contribution in [0.25, 0.3) is 0 Å². The Kier molecular flexibility index (Phi) is 6.69. The number of piperidine rings is 1. The highest BCUT2D eigenvalue weighted by Gasteiger charge is 2.24. The molecule has 0 unspecified atom stereocenters. The molecule has 5 heteroatoms. The van der Waals surface area contributed by atoms with E-state index in [1.54, 1.807) is 12.1 Å². The first kappa shape index (κ1) is 18.2. The molecule has 0 spiro atoms. The second kappa shape index (κ2) is 9.19. The lowest BCUT2D eigenvalue weighted by atomic mass is 10.0. The zero-order valence-electron chi connectivity index (χ0n) is 15.4. The van der Waals surface area contributed by atoms with Crippen LogP contribution in [0, 0.1) is 11.3 Å². The zero-order valence-corrected chi connectivity index (χ0v) is 15.4. The minimum Gasteiger partial charge on any atom is -0.492 e. The Balaban J connectivity index is 1.34. The third-order valence-electron chi connectivity index (χ3n) is 5.49. The van der Waals surface area contributed by atoms with E-state index in [4.69, 9.17) is 10.00 Å². The molecule has 136 valence electrons. The highest BCUT2D eigenvalue weighted by molar-refractivity contribution is 5.36. The van der Waals surface area contributed by atoms with Crippen molar-refractivity contribution in [2.45, 2.75) is 25.3 Å². The average molecular weight is 342 g/mol. The standard InChI is InChI=1S/C20H30N4O/c1-22-8-3-2-6-19(22)17-24-11-9-23(10-12-24)13-14-25-20-7-4-5-18(15-20)16-21/h4-5,7,15,19H,2-3,6,8-14,17H2,1H3/t19-/m0/s1. The Morgan fingerprint density at radius 1 is 1.12 bits per heavy atom. The van der Waals surface area contributed by atoms with Crippen molar-refractivity contribution in [3.63, 3.8) is 0 Å². The van der Waals surface area contributed by atoms with Crippen LogP contribution in [-0.2, 0) is 0 Å². The molecule has 2 heterocycles. The Morgan fingerprint density at radius 3 is 2.68 bits per heavy atom. The molecule has 1 atom stereocenters. The number of nitriles is 1. The summed E-state index contributed by atoms with van der Waals surface area (Å²) < 4.78 is 5.80. The molecule has 3 rings (SSSR count). The van der Waals surface area contributed by atoms with Crippen molar-refractivity contribution in [2.75, 3.05) is 59.5 Å². The SMILES string of the molecule is CN1CCCC[C@H]1CN1CCN(CCOc2cccc(C#N)c2)CC1. The lowest BCUT2D eigenvalue weighted by molar-refractivity contribution is 0.0785. The number of piperazine rings is 1. The van der Waals surface area contributed by atoms with E-state index in [9.17, 15) is 0 Å². The average Bonchev–Trinajstić information content (AvgIpc) is 2.65. The third-order valence-corrected chi connectivity index (χ3v) is 5.49. The van der Waals surface area contributed by atoms with E-state index in [-0.39, 0.29) is 0 Å². The van der Waals surface area contributed by atoms with Gasteiger partial charge in [-0.25, -0.2) is 0 Å². The summed E-state index contributed by atoms with van der Waals surface area (Å²) in [5.74, 6) is 0.790. The largest absolute Gasteiger partial charge is 0.492 e. The second-order valence-corrected chi connectivity index (χ2v) is 7.26. The van der Waals surface area contributed by atoms with Crippen LogP contribution in [-0.4, -0.2) is 80.2 Å². The smallest absolute Gasteiger partial charge is 0.120 e. The maximum absolute atomic E-state index is 8.93. The monoisotopic (exact) mass is 342 g/mol. The van der Waals surface area contributed by atoms with Crippen molar-refractivity contribution < 1.29 is 4.74 Å². The predicted octanol–water partition coefficient (Wildman–Crippen LogP) is 2.04. The highest BCUT2D eigenvalue weighted by atomic mass is 16.5. The molecule has 0 aromatic heterocycles. The van der Waals surface area contributed by atoms with Gasteiger partial charge in [-0.1, -0.05) is 12.5 Å². The van der Waals surface area contributed by atoms with Crippen molar-refractivity contribution >= 4 is 0 Å². The Hall–Kier alpha value is -1.61. The number of hydrogen-bond acceptors (Lipinski definition) is 5. The minimum atomic E-state index is 0.652. The molecule has 0 radical (unpaired) electrons. The van der Waals surface area contributed by atoms with Crippen molar-refractivity contribution in [1.82, 2.24) is 14.7 Å². The number of likely N-dealkylation sites (tertiary alicyclic amines) is 1. The number of likely N-dealkylation sites (N-methyl/N-ethyl adjacent to an activating group) is 1. The number of hydrogen-bond donors (Lipinski definition) is 0. The molecular weight excluding hydrogens is 312 g/mol. The summed E-state index contributed by atoms with van der Waals surface area (Å²) in [4.78, 5) is 7.65. The van der Waals surface area contributed by atoms with Gasteiger partial charge in [-0.3, -0.25) is 9.80 Å². The molecule has 1 aromatic carbocycles. The summed E-state index contributed by atoms with van der Waals surface area (Å²) in [6.07, 6.45) is 4.10. The van der Waals surface area contributed by atoms with Gasteiger partial charge >= 0.3 is 0 Å². The van der Waals surface area contributed by atoms with E-state index < -0.39 is 0 Å². The fourth-order valence-corrected chi connectivity index (χ4v) is 3.82. The van der Waals surface area contributed by atoms with Gasteiger partial charge in [-0.2, -0.15) is 5.26 Å². The molecule has 0 saturated carbocycles. The number of nitrogens with zero attached hydrogens (tertiary/aromatic N) is 4. The van der Waals surface area contributed by atoms with Gasteiger partial charge in [0.05, 0.1) is 11.6 Å². The quantitative estimate of drug-likeness (QED) is 0.791. The lowest BCUT2D eigenvalue weighted by Crippen LogP contribution is -2.52. The molecular formula is C20H30N4O. The van der Waals surface area contributed by atoms with Gasteiger partial charge in [0.25, 0.3) is 0 Å². The predicted molar refractivity (Wildman–Crippen MR) is 99.8 cm³/mol. The molecule has 2 aliphatic rings. The Labute approximate surface area is 151 Å². The molecule has 2 saturated heterocycles. The third kappa shape index (κ3) is 5.43. The van der Waals surface area contributed by atoms with Crippen LogP contribution in [0.3, 0.4) is 0 Å². The summed E-state index contributed by atoms with van der Waals surface area (Å²) in [5, 5.41) is 8.93. The maximum Gasteiger partial charge on any atom is 0.120 e. The first-order valence-corrected chi connectivity index (χ1v) is 9.52. The molecule has 2 aliphatic heterocycles. The van der Waals surface area contributed by atoms with E-state index in [2.05, 4.69) is 27.8 Å². The molecule has 25 heavy (non-hydrogen) atoms. The van der Waals surface area contributed by atoms with Gasteiger partial charge in [0.1, 0.15) is 12.4 Å². The fraction of sp³-hybridized carbons (Fsp3) is 0.650. The summed E-state index contributed by atoms with van der Waals surface area (Å²) in [7, 11) is 2.28. The van der Waals surface area contributed by atoms with Crippen LogP contribution in [0.15, 0.2) is 24.3 Å². The zero-order chi connectivity index (χ0) is 17.5. The summed E-state index contributed by atoms with van der Waals surface area (Å²) in [5.41, 5.74) is 0.652. The van der Waals surface area contributed by atoms with Crippen LogP contribution >= 0.6 is 0 Å². The Morgan fingerprint density at radius 2 is 1.92 bits per heavy atom. The molecule has 0 amide bonds. The van der Waals surface area contributed by atoms with E-state index >= 15 is 0 Å². The van der Waals surface area contributed by atoms with Gasteiger partial charge < -0.3 is 9.64 Å². The van der Waals surface area contributed by atoms with E-state index in [0.717, 1.165) is 44.5 Å². The van der Waals surface area contributed by atoms with Gasteiger partial charge in [0, 0.05) is 45.3 Å². The van der Waals surface area contributed by atoms with E-state index in [1.807, 2.05) is 12.1 Å². The van der Waals surface area contributed by atoms with Crippen LogP contribution in [0.5, 0.6) is 5.75 Å². The lowest BCUT2D eigenvalue weighted by Gasteiger charge is -2.40. The van der Waals surface area contributed by atoms with Gasteiger partial charge in [0.15, 0.2) is 0 Å². The summed E-state index contributed by atoms with van der Waals surface area (Å²) >= 11 is 0. The van der Waals surface area contributed by atoms with Crippen molar-refractivity contribution in [3.05, 3.63) is 29.8 Å². The number of ether oxygens (including phenoxy) is 1. The molecule has 5 nitrogen and oxygen atoms in total. The first-order valence-electron chi connectivity index (χ1n) is 9.52. The van der Waals surface area contributed by atoms with Gasteiger partial charge in [-0.15, -0.1) is 0 Å². The van der Waals surface area contributed by atoms with Crippen molar-refractivity contribution in [1.29, 1.82) is 5.26 Å². The van der Waals surface area contributed by atoms with E-state index in [1.165, 1.54) is 32.4 Å². The van der Waals surface area contributed by atoms with Crippen LogP contribution < -0.4 is 4.74 Å². The second-order valence-electron chi connectivity index (χ2n) is 7.26. The topological polar surface area (TPSA) is 42.7 Å². The molecule has 0 N–H and O–H groups in total. The fourth-order valence-electron chi connectivity index (χ4n) is 3.82. The first-order chi connectivity index (χ1) is 12.2. The van der Waals surface area contributed by atoms with Gasteiger partial charge in [0.2, 0.25) is 0 Å². The number of benzene rings is 1. The van der Waals surface area contributed by atoms with Gasteiger partial charge in [-0.05, 0) is 44.6 Å². The molecule has 1 aromatic rings. The molecule has 0 bridgehead atoms. The normalized spacial score (nSPS) is 23.3. The molecule has 2 fully saturated rings. The Bertz CT molecular complexity index is 577. The minimum absolute atomic E-state index is 0.652. The van der Waals surface area contributed by atoms with Crippen LogP contribution in [0.1, 0.15) is 24.8 Å². The summed E-state index contributed by atoms with van der Waals surface area (Å²) in [6, 6.07) is 10.3. The highest BCUT2D eigenvalue weighted by Crippen LogP contribution is 2.17. The van der Waals surface area contributed by atoms with Crippen molar-refractivity contribution in [3.8, 4) is 11.8 Å². The maximum atomic E-state index is 8.93. The van der Waals surface area contributed by atoms with Crippen LogP contribution in [0.4, 0.5) is 0 Å². The van der Waals surface area contributed by atoms with Crippen LogP contribution in [0.2, 0.25) is 0 Å². The number of rotatable bonds is 6. The van der Waals surface area contributed by atoms with E-state index in [0.29, 0.717) is 12.2 Å². The van der Waals surface area contributed by atoms with Crippen molar-refractivity contribution in [2.24, 2.45) is 0 Å². The molecule has 0 aliphatic carbocycles. The summed E-state index contributed by atoms with van der Waals surface area (Å²) in [6.45, 7) is 8.68.